The number of para-hydroxylation sites is 1. The molecule has 0 aliphatic heterocycles. The van der Waals surface area contributed by atoms with Crippen molar-refractivity contribution in [2.45, 2.75) is 6.92 Å². The van der Waals surface area contributed by atoms with Gasteiger partial charge in [-0.3, -0.25) is 5.43 Å². The van der Waals surface area contributed by atoms with E-state index >= 15 is 0 Å². The van der Waals surface area contributed by atoms with Gasteiger partial charge in [-0.2, -0.15) is 5.10 Å². The summed E-state index contributed by atoms with van der Waals surface area (Å²) in [5, 5.41) is 4.41. The minimum atomic E-state index is 0.726. The Labute approximate surface area is 132 Å². The Bertz CT molecular complexity index is 656. The molecule has 2 aromatic rings. The fourth-order valence-corrected chi connectivity index (χ4v) is 2.23. The minimum Gasteiger partial charge on any atom is -0.497 e. The van der Waals surface area contributed by atoms with E-state index in [9.17, 15) is 0 Å². The van der Waals surface area contributed by atoms with E-state index in [1.54, 1.807) is 14.2 Å². The lowest BCUT2D eigenvalue weighted by Crippen LogP contribution is -2.03. The van der Waals surface area contributed by atoms with Gasteiger partial charge in [-0.15, -0.1) is 0 Å². The van der Waals surface area contributed by atoms with Crippen LogP contribution in [-0.4, -0.2) is 19.9 Å². The van der Waals surface area contributed by atoms with Gasteiger partial charge in [0.15, 0.2) is 0 Å². The van der Waals surface area contributed by atoms with Gasteiger partial charge in [-0.1, -0.05) is 12.1 Å². The van der Waals surface area contributed by atoms with Crippen molar-refractivity contribution in [2.75, 3.05) is 19.6 Å². The normalized spacial score (nSPS) is 11.1. The first-order chi connectivity index (χ1) is 10.2. The first-order valence-electron chi connectivity index (χ1n) is 6.43. The predicted octanol–water partition coefficient (Wildman–Crippen LogP) is 4.30. The molecular weight excluding hydrogens is 332 g/mol. The third-order valence-electron chi connectivity index (χ3n) is 3.02. The van der Waals surface area contributed by atoms with Gasteiger partial charge in [-0.25, -0.2) is 0 Å². The molecule has 0 fully saturated rings. The molecule has 0 amide bonds. The summed E-state index contributed by atoms with van der Waals surface area (Å²) in [4.78, 5) is 0. The van der Waals surface area contributed by atoms with Crippen LogP contribution in [0.2, 0.25) is 0 Å². The second-order valence-corrected chi connectivity index (χ2v) is 5.21. The van der Waals surface area contributed by atoms with E-state index in [0.717, 1.165) is 32.9 Å². The molecular formula is C16H17BrN2O2. The summed E-state index contributed by atoms with van der Waals surface area (Å²) in [5.74, 6) is 1.48. The van der Waals surface area contributed by atoms with Crippen LogP contribution in [0.15, 0.2) is 52.0 Å². The molecule has 5 heteroatoms. The average Bonchev–Trinajstić information content (AvgIpc) is 2.53. The molecule has 0 aliphatic rings. The minimum absolute atomic E-state index is 0.726. The molecule has 4 nitrogen and oxygen atoms in total. The zero-order valence-electron chi connectivity index (χ0n) is 12.2. The number of benzene rings is 2. The molecule has 0 saturated carbocycles. The van der Waals surface area contributed by atoms with Crippen molar-refractivity contribution in [3.63, 3.8) is 0 Å². The Morgan fingerprint density at radius 1 is 1.10 bits per heavy atom. The zero-order valence-corrected chi connectivity index (χ0v) is 13.8. The van der Waals surface area contributed by atoms with E-state index in [4.69, 9.17) is 9.47 Å². The lowest BCUT2D eigenvalue weighted by Gasteiger charge is -2.11. The Kier molecular flexibility index (Phi) is 5.22. The van der Waals surface area contributed by atoms with Crippen LogP contribution in [0.4, 0.5) is 5.69 Å². The highest BCUT2D eigenvalue weighted by Crippen LogP contribution is 2.26. The maximum atomic E-state index is 5.39. The van der Waals surface area contributed by atoms with Gasteiger partial charge in [0.05, 0.1) is 25.6 Å². The Morgan fingerprint density at radius 2 is 1.86 bits per heavy atom. The van der Waals surface area contributed by atoms with Crippen molar-refractivity contribution in [3.8, 4) is 11.5 Å². The smallest absolute Gasteiger partial charge is 0.131 e. The summed E-state index contributed by atoms with van der Waals surface area (Å²) >= 11 is 3.48. The third kappa shape index (κ3) is 3.76. The van der Waals surface area contributed by atoms with Crippen molar-refractivity contribution in [3.05, 3.63) is 52.5 Å². The lowest BCUT2D eigenvalue weighted by atomic mass is 10.1. The largest absolute Gasteiger partial charge is 0.497 e. The van der Waals surface area contributed by atoms with Gasteiger partial charge in [0.2, 0.25) is 0 Å². The van der Waals surface area contributed by atoms with Crippen molar-refractivity contribution >= 4 is 27.3 Å². The first kappa shape index (κ1) is 15.4. The lowest BCUT2D eigenvalue weighted by molar-refractivity contribution is 0.394. The summed E-state index contributed by atoms with van der Waals surface area (Å²) in [6.07, 6.45) is 0. The van der Waals surface area contributed by atoms with Crippen LogP contribution in [0, 0.1) is 0 Å². The Hall–Kier alpha value is -2.01. The SMILES string of the molecule is COc1ccc(/C(C)=N\Nc2ccccc2Br)c(OC)c1. The average molecular weight is 349 g/mol. The summed E-state index contributed by atoms with van der Waals surface area (Å²) in [5.41, 5.74) is 5.69. The number of hydrogen-bond acceptors (Lipinski definition) is 4. The highest BCUT2D eigenvalue weighted by molar-refractivity contribution is 9.10. The summed E-state index contributed by atoms with van der Waals surface area (Å²) in [6, 6.07) is 13.5. The van der Waals surface area contributed by atoms with Crippen LogP contribution in [0.25, 0.3) is 0 Å². The number of hydrogen-bond donors (Lipinski definition) is 1. The maximum absolute atomic E-state index is 5.39. The third-order valence-corrected chi connectivity index (χ3v) is 3.71. The number of halogens is 1. The molecule has 0 aliphatic carbocycles. The number of rotatable bonds is 5. The summed E-state index contributed by atoms with van der Waals surface area (Å²) in [7, 11) is 3.26. The van der Waals surface area contributed by atoms with Crippen LogP contribution in [0.3, 0.4) is 0 Å². The van der Waals surface area contributed by atoms with Gasteiger partial charge in [0, 0.05) is 16.1 Å². The fourth-order valence-electron chi connectivity index (χ4n) is 1.85. The molecule has 2 rings (SSSR count). The monoisotopic (exact) mass is 348 g/mol. The molecule has 2 aromatic carbocycles. The van der Waals surface area contributed by atoms with Crippen LogP contribution < -0.4 is 14.9 Å². The summed E-state index contributed by atoms with van der Waals surface area (Å²) in [6.45, 7) is 1.92. The fraction of sp³-hybridized carbons (Fsp3) is 0.188. The molecule has 110 valence electrons. The summed E-state index contributed by atoms with van der Waals surface area (Å²) < 4.78 is 11.5. The molecule has 21 heavy (non-hydrogen) atoms. The number of ether oxygens (including phenoxy) is 2. The highest BCUT2D eigenvalue weighted by atomic mass is 79.9. The van der Waals surface area contributed by atoms with Crippen LogP contribution >= 0.6 is 15.9 Å². The Morgan fingerprint density at radius 3 is 2.52 bits per heavy atom. The van der Waals surface area contributed by atoms with Gasteiger partial charge >= 0.3 is 0 Å². The molecule has 0 unspecified atom stereocenters. The molecule has 0 aromatic heterocycles. The predicted molar refractivity (Wildman–Crippen MR) is 89.5 cm³/mol. The van der Waals surface area contributed by atoms with E-state index in [1.165, 1.54) is 0 Å². The van der Waals surface area contributed by atoms with Crippen molar-refractivity contribution in [1.29, 1.82) is 0 Å². The molecule has 1 N–H and O–H groups in total. The number of nitrogens with one attached hydrogen (secondary N) is 1. The molecule has 0 atom stereocenters. The van der Waals surface area contributed by atoms with E-state index in [-0.39, 0.29) is 0 Å². The van der Waals surface area contributed by atoms with Gasteiger partial charge in [0.25, 0.3) is 0 Å². The van der Waals surface area contributed by atoms with Gasteiger partial charge < -0.3 is 9.47 Å². The molecule has 0 saturated heterocycles. The van der Waals surface area contributed by atoms with E-state index in [1.807, 2.05) is 49.4 Å². The molecule has 0 bridgehead atoms. The van der Waals surface area contributed by atoms with E-state index < -0.39 is 0 Å². The first-order valence-corrected chi connectivity index (χ1v) is 7.22. The maximum Gasteiger partial charge on any atom is 0.131 e. The second kappa shape index (κ2) is 7.13. The number of hydrazone groups is 1. The van der Waals surface area contributed by atoms with E-state index in [2.05, 4.69) is 26.5 Å². The quantitative estimate of drug-likeness (QED) is 0.646. The van der Waals surface area contributed by atoms with E-state index in [0.29, 0.717) is 0 Å². The standard InChI is InChI=1S/C16H17BrN2O2/c1-11(18-19-15-7-5-4-6-14(15)17)13-9-8-12(20-2)10-16(13)21-3/h4-10,19H,1-3H3/b18-11-. The molecule has 0 radical (unpaired) electrons. The number of nitrogens with zero attached hydrogens (tertiary/aromatic N) is 1. The second-order valence-electron chi connectivity index (χ2n) is 4.36. The number of anilines is 1. The van der Waals surface area contributed by atoms with Crippen LogP contribution in [-0.2, 0) is 0 Å². The highest BCUT2D eigenvalue weighted by Gasteiger charge is 2.08. The van der Waals surface area contributed by atoms with Crippen LogP contribution in [0.5, 0.6) is 11.5 Å². The van der Waals surface area contributed by atoms with Gasteiger partial charge in [-0.05, 0) is 47.1 Å². The van der Waals surface area contributed by atoms with Crippen molar-refractivity contribution in [2.24, 2.45) is 5.10 Å². The Balaban J connectivity index is 2.25. The van der Waals surface area contributed by atoms with Gasteiger partial charge in [0.1, 0.15) is 11.5 Å². The van der Waals surface area contributed by atoms with Crippen molar-refractivity contribution in [1.82, 2.24) is 0 Å². The van der Waals surface area contributed by atoms with Crippen LogP contribution in [0.1, 0.15) is 12.5 Å². The molecule has 0 heterocycles. The topological polar surface area (TPSA) is 42.8 Å². The zero-order chi connectivity index (χ0) is 15.2. The molecule has 0 spiro atoms. The number of methoxy groups -OCH3 is 2. The van der Waals surface area contributed by atoms with Crippen molar-refractivity contribution < 1.29 is 9.47 Å².